The molecule has 2 saturated carbocycles. The van der Waals surface area contributed by atoms with Crippen molar-refractivity contribution in [2.75, 3.05) is 49.1 Å². The fourth-order valence-electron chi connectivity index (χ4n) is 10.0. The van der Waals surface area contributed by atoms with Crippen LogP contribution in [0.5, 0.6) is 0 Å². The van der Waals surface area contributed by atoms with E-state index in [1.807, 2.05) is 19.6 Å². The van der Waals surface area contributed by atoms with Crippen molar-refractivity contribution in [3.8, 4) is 0 Å². The molecule has 0 radical (unpaired) electrons. The van der Waals surface area contributed by atoms with E-state index in [0.717, 1.165) is 115 Å². The van der Waals surface area contributed by atoms with Gasteiger partial charge in [-0.05, 0) is 114 Å². The van der Waals surface area contributed by atoms with E-state index in [1.54, 1.807) is 12.1 Å². The van der Waals surface area contributed by atoms with Crippen molar-refractivity contribution in [2.45, 2.75) is 114 Å². The SMILES string of the molecule is O=C1N(C2CCC(O)CC2)CC[C@]12CCCN(c1cccc(F)c1F)C2.O=C1N(C2CCC(O)CC2)CC[C@]12CCCN(c1cccc(F)c1F)C2. The molecule has 4 saturated heterocycles. The molecule has 2 amide bonds. The van der Waals surface area contributed by atoms with Crippen LogP contribution in [0.25, 0.3) is 0 Å². The van der Waals surface area contributed by atoms with Gasteiger partial charge in [-0.3, -0.25) is 9.59 Å². The van der Waals surface area contributed by atoms with Crippen molar-refractivity contribution in [3.05, 3.63) is 59.7 Å². The largest absolute Gasteiger partial charge is 0.393 e. The molecular weight excluding hydrogens is 676 g/mol. The Hall–Kier alpha value is -3.38. The first-order chi connectivity index (χ1) is 25.0. The summed E-state index contributed by atoms with van der Waals surface area (Å²) >= 11 is 0. The summed E-state index contributed by atoms with van der Waals surface area (Å²) in [7, 11) is 0. The fraction of sp³-hybridized carbons (Fsp3) is 0.650. The van der Waals surface area contributed by atoms with Crippen LogP contribution in [-0.4, -0.2) is 95.4 Å². The van der Waals surface area contributed by atoms with Crippen molar-refractivity contribution in [1.82, 2.24) is 9.80 Å². The van der Waals surface area contributed by atoms with Crippen LogP contribution < -0.4 is 9.80 Å². The molecule has 2 aromatic carbocycles. The second-order valence-electron chi connectivity index (χ2n) is 16.2. The van der Waals surface area contributed by atoms with E-state index in [1.165, 1.54) is 12.1 Å². The predicted octanol–water partition coefficient (Wildman–Crippen LogP) is 6.17. The lowest BCUT2D eigenvalue weighted by Gasteiger charge is -2.41. The van der Waals surface area contributed by atoms with Gasteiger partial charge < -0.3 is 29.8 Å². The summed E-state index contributed by atoms with van der Waals surface area (Å²) in [4.78, 5) is 34.2. The number of aliphatic hydroxyl groups excluding tert-OH is 2. The highest BCUT2D eigenvalue weighted by molar-refractivity contribution is 5.87. The van der Waals surface area contributed by atoms with Gasteiger partial charge in [0.15, 0.2) is 23.3 Å². The van der Waals surface area contributed by atoms with Gasteiger partial charge >= 0.3 is 0 Å². The number of carbonyl (C=O) groups is 2. The minimum atomic E-state index is -0.845. The van der Waals surface area contributed by atoms with E-state index in [9.17, 15) is 37.4 Å². The summed E-state index contributed by atoms with van der Waals surface area (Å²) in [6.07, 6.45) is 10.7. The Morgan fingerprint density at radius 2 is 0.923 bits per heavy atom. The molecule has 6 aliphatic rings. The minimum Gasteiger partial charge on any atom is -0.393 e. The monoisotopic (exact) mass is 728 g/mol. The number of anilines is 2. The van der Waals surface area contributed by atoms with Crippen LogP contribution in [0.3, 0.4) is 0 Å². The Balaban J connectivity index is 0.000000162. The maximum atomic E-state index is 14.2. The van der Waals surface area contributed by atoms with Crippen LogP contribution in [0.15, 0.2) is 36.4 Å². The minimum absolute atomic E-state index is 0.167. The zero-order valence-corrected chi connectivity index (χ0v) is 29.9. The average molecular weight is 729 g/mol. The first-order valence-corrected chi connectivity index (χ1v) is 19.4. The maximum absolute atomic E-state index is 14.2. The fourth-order valence-corrected chi connectivity index (χ4v) is 10.0. The Morgan fingerprint density at radius 1 is 0.538 bits per heavy atom. The van der Waals surface area contributed by atoms with E-state index >= 15 is 0 Å². The zero-order valence-electron chi connectivity index (χ0n) is 29.9. The predicted molar refractivity (Wildman–Crippen MR) is 190 cm³/mol. The quantitative estimate of drug-likeness (QED) is 0.367. The smallest absolute Gasteiger partial charge is 0.230 e. The van der Waals surface area contributed by atoms with Crippen LogP contribution in [0.4, 0.5) is 28.9 Å². The number of hydrogen-bond acceptors (Lipinski definition) is 6. The highest BCUT2D eigenvalue weighted by Gasteiger charge is 2.52. The van der Waals surface area contributed by atoms with Gasteiger partial charge in [0.25, 0.3) is 0 Å². The Morgan fingerprint density at radius 3 is 1.31 bits per heavy atom. The van der Waals surface area contributed by atoms with E-state index < -0.39 is 34.1 Å². The van der Waals surface area contributed by atoms with E-state index in [-0.39, 0.29) is 47.5 Å². The number of rotatable bonds is 4. The summed E-state index contributed by atoms with van der Waals surface area (Å²) in [6.45, 7) is 3.67. The zero-order chi connectivity index (χ0) is 36.6. The number of aliphatic hydroxyl groups is 2. The topological polar surface area (TPSA) is 87.6 Å². The van der Waals surface area contributed by atoms with Gasteiger partial charge in [0.1, 0.15) is 0 Å². The normalized spacial score (nSPS) is 32.5. The van der Waals surface area contributed by atoms with Crippen LogP contribution in [0.2, 0.25) is 0 Å². The summed E-state index contributed by atoms with van der Waals surface area (Å²) in [5.74, 6) is -3.01. The highest BCUT2D eigenvalue weighted by atomic mass is 19.2. The van der Waals surface area contributed by atoms with Gasteiger partial charge in [0.05, 0.1) is 34.4 Å². The van der Waals surface area contributed by atoms with Crippen LogP contribution in [-0.2, 0) is 9.59 Å². The molecule has 52 heavy (non-hydrogen) atoms. The number of carbonyl (C=O) groups excluding carboxylic acids is 2. The molecule has 2 aromatic rings. The standard InChI is InChI=1S/2C20H26F2N2O2/c2*21-16-3-1-4-17(18(16)22)23-11-2-9-20(13-23)10-12-24(19(20)26)14-5-7-15(25)8-6-14/h2*1,3-4,14-15,25H,2,5-13H2/t2*14?,15?,20-/m00/s1. The summed E-state index contributed by atoms with van der Waals surface area (Å²) < 4.78 is 55.7. The summed E-state index contributed by atoms with van der Waals surface area (Å²) in [6, 6.07) is 8.90. The molecule has 0 aromatic heterocycles. The number of piperidine rings is 2. The second-order valence-corrected chi connectivity index (χ2v) is 16.2. The molecule has 6 fully saturated rings. The van der Waals surface area contributed by atoms with Crippen LogP contribution in [0.1, 0.15) is 89.9 Å². The molecule has 2 spiro atoms. The molecule has 12 heteroatoms. The summed E-state index contributed by atoms with van der Waals surface area (Å²) in [5.41, 5.74) is -0.438. The van der Waals surface area contributed by atoms with E-state index in [0.29, 0.717) is 26.2 Å². The van der Waals surface area contributed by atoms with Gasteiger partial charge in [0.2, 0.25) is 11.8 Å². The van der Waals surface area contributed by atoms with Crippen molar-refractivity contribution in [2.24, 2.45) is 10.8 Å². The molecule has 2 aliphatic carbocycles. The van der Waals surface area contributed by atoms with Crippen molar-refractivity contribution in [1.29, 1.82) is 0 Å². The highest BCUT2D eigenvalue weighted by Crippen LogP contribution is 2.45. The van der Waals surface area contributed by atoms with Crippen molar-refractivity contribution in [3.63, 3.8) is 0 Å². The number of halogens is 4. The lowest BCUT2D eigenvalue weighted by atomic mass is 9.78. The lowest BCUT2D eigenvalue weighted by Crippen LogP contribution is -2.50. The third-order valence-corrected chi connectivity index (χ3v) is 13.0. The second kappa shape index (κ2) is 15.2. The van der Waals surface area contributed by atoms with Gasteiger partial charge in [-0.1, -0.05) is 12.1 Å². The lowest BCUT2D eigenvalue weighted by molar-refractivity contribution is -0.140. The van der Waals surface area contributed by atoms with Gasteiger partial charge in [-0.25, -0.2) is 17.6 Å². The molecule has 0 unspecified atom stereocenters. The van der Waals surface area contributed by atoms with Gasteiger partial charge in [-0.15, -0.1) is 0 Å². The van der Waals surface area contributed by atoms with Crippen LogP contribution in [0, 0.1) is 34.1 Å². The maximum Gasteiger partial charge on any atom is 0.230 e. The Kier molecular flexibility index (Phi) is 10.8. The molecule has 2 atom stereocenters. The van der Waals surface area contributed by atoms with Crippen LogP contribution >= 0.6 is 0 Å². The first kappa shape index (κ1) is 37.0. The molecule has 4 heterocycles. The van der Waals surface area contributed by atoms with Gasteiger partial charge in [-0.2, -0.15) is 0 Å². The molecular formula is C40H52F4N4O4. The molecule has 284 valence electrons. The third kappa shape index (κ3) is 7.13. The average Bonchev–Trinajstić information content (AvgIpc) is 3.62. The molecule has 8 rings (SSSR count). The van der Waals surface area contributed by atoms with Gasteiger partial charge in [0, 0.05) is 51.4 Å². The van der Waals surface area contributed by atoms with E-state index in [4.69, 9.17) is 0 Å². The summed E-state index contributed by atoms with van der Waals surface area (Å²) in [5, 5.41) is 19.4. The first-order valence-electron chi connectivity index (χ1n) is 19.4. The number of nitrogens with zero attached hydrogens (tertiary/aromatic N) is 4. The molecule has 4 aliphatic heterocycles. The Bertz CT molecular complexity index is 1500. The third-order valence-electron chi connectivity index (χ3n) is 13.0. The Labute approximate surface area is 303 Å². The number of amides is 2. The van der Waals surface area contributed by atoms with E-state index in [2.05, 4.69) is 0 Å². The molecule has 8 nitrogen and oxygen atoms in total. The molecule has 0 bridgehead atoms. The van der Waals surface area contributed by atoms with Crippen molar-refractivity contribution >= 4 is 23.2 Å². The van der Waals surface area contributed by atoms with Crippen molar-refractivity contribution < 1.29 is 37.4 Å². The number of benzene rings is 2. The number of hydrogen-bond donors (Lipinski definition) is 2. The number of likely N-dealkylation sites (tertiary alicyclic amines) is 2. The molecule has 2 N–H and O–H groups in total.